The number of methoxy groups -OCH3 is 1. The molecule has 0 aliphatic heterocycles. The monoisotopic (exact) mass is 339 g/mol. The Morgan fingerprint density at radius 1 is 1.35 bits per heavy atom. The molecule has 0 saturated heterocycles. The van der Waals surface area contributed by atoms with Crippen molar-refractivity contribution >= 4 is 10.0 Å². The van der Waals surface area contributed by atoms with Crippen molar-refractivity contribution in [3.05, 3.63) is 18.2 Å². The fraction of sp³-hybridized carbons (Fsp3) is 0.500. The lowest BCUT2D eigenvalue weighted by Gasteiger charge is -2.13. The number of nitrogens with one attached hydrogen (secondary N) is 1. The molecular weight excluding hydrogens is 318 g/mol. The van der Waals surface area contributed by atoms with Crippen LogP contribution in [-0.2, 0) is 16.6 Å². The Morgan fingerprint density at radius 2 is 2.09 bits per heavy atom. The summed E-state index contributed by atoms with van der Waals surface area (Å²) in [5, 5.41) is 11.5. The molecule has 1 N–H and O–H groups in total. The minimum Gasteiger partial charge on any atom is -0.495 e. The zero-order valence-electron chi connectivity index (χ0n) is 13.6. The van der Waals surface area contributed by atoms with E-state index in [1.807, 2.05) is 20.8 Å². The quantitative estimate of drug-likeness (QED) is 0.816. The van der Waals surface area contributed by atoms with Crippen molar-refractivity contribution in [1.82, 2.24) is 24.9 Å². The Kier molecular flexibility index (Phi) is 5.32. The van der Waals surface area contributed by atoms with Crippen LogP contribution in [0.15, 0.2) is 23.1 Å². The van der Waals surface area contributed by atoms with Crippen molar-refractivity contribution in [2.75, 3.05) is 13.7 Å². The van der Waals surface area contributed by atoms with E-state index in [9.17, 15) is 8.42 Å². The molecule has 0 radical (unpaired) electrons. The molecule has 126 valence electrons. The first-order chi connectivity index (χ1) is 10.9. The highest BCUT2D eigenvalue weighted by molar-refractivity contribution is 7.89. The molecule has 2 rings (SSSR count). The summed E-state index contributed by atoms with van der Waals surface area (Å²) in [6.45, 7) is 6.72. The molecule has 9 heteroatoms. The zero-order chi connectivity index (χ0) is 17.0. The van der Waals surface area contributed by atoms with Crippen LogP contribution < -0.4 is 9.46 Å². The number of ether oxygens (including phenoxy) is 1. The summed E-state index contributed by atoms with van der Waals surface area (Å²) in [5.74, 6) is 0.988. The van der Waals surface area contributed by atoms with Gasteiger partial charge in [0, 0.05) is 18.7 Å². The predicted molar refractivity (Wildman–Crippen MR) is 85.5 cm³/mol. The van der Waals surface area contributed by atoms with Crippen molar-refractivity contribution in [1.29, 1.82) is 0 Å². The van der Waals surface area contributed by atoms with Gasteiger partial charge in [-0.05, 0) is 41.5 Å². The van der Waals surface area contributed by atoms with Crippen molar-refractivity contribution < 1.29 is 13.2 Å². The summed E-state index contributed by atoms with van der Waals surface area (Å²) in [6.07, 6.45) is 0. The van der Waals surface area contributed by atoms with Crippen molar-refractivity contribution in [2.24, 2.45) is 5.92 Å². The topological polar surface area (TPSA) is 99.0 Å². The smallest absolute Gasteiger partial charge is 0.244 e. The minimum absolute atomic E-state index is 0.0730. The van der Waals surface area contributed by atoms with Gasteiger partial charge < -0.3 is 4.74 Å². The Morgan fingerprint density at radius 3 is 2.70 bits per heavy atom. The Bertz CT molecular complexity index is 770. The fourth-order valence-corrected chi connectivity index (χ4v) is 3.41. The van der Waals surface area contributed by atoms with Gasteiger partial charge in [-0.1, -0.05) is 13.8 Å². The van der Waals surface area contributed by atoms with Gasteiger partial charge in [0.15, 0.2) is 5.82 Å². The minimum atomic E-state index is -3.68. The van der Waals surface area contributed by atoms with Crippen LogP contribution in [0.1, 0.15) is 20.8 Å². The maximum absolute atomic E-state index is 12.5. The molecule has 0 bridgehead atoms. The van der Waals surface area contributed by atoms with Gasteiger partial charge in [-0.3, -0.25) is 0 Å². The summed E-state index contributed by atoms with van der Waals surface area (Å²) >= 11 is 0. The SMILES string of the molecule is CCn1nnnc1-c1ccc(OC)c(S(=O)(=O)NCC(C)C)c1. The summed E-state index contributed by atoms with van der Waals surface area (Å²) in [4.78, 5) is 0.0730. The molecule has 0 aliphatic carbocycles. The number of aromatic nitrogens is 4. The second-order valence-corrected chi connectivity index (χ2v) is 7.17. The van der Waals surface area contributed by atoms with Crippen LogP contribution in [0, 0.1) is 5.92 Å². The summed E-state index contributed by atoms with van der Waals surface area (Å²) in [5.41, 5.74) is 0.613. The second kappa shape index (κ2) is 7.05. The third-order valence-electron chi connectivity index (χ3n) is 3.22. The maximum atomic E-state index is 12.5. The van der Waals surface area contributed by atoms with Gasteiger partial charge in [0.1, 0.15) is 10.6 Å². The maximum Gasteiger partial charge on any atom is 0.244 e. The molecule has 0 fully saturated rings. The van der Waals surface area contributed by atoms with Crippen LogP contribution in [0.4, 0.5) is 0 Å². The molecule has 0 atom stereocenters. The molecule has 0 spiro atoms. The molecule has 23 heavy (non-hydrogen) atoms. The predicted octanol–water partition coefficient (Wildman–Crippen LogP) is 1.30. The normalized spacial score (nSPS) is 11.9. The standard InChI is InChI=1S/C14H21N5O3S/c1-5-19-14(16-17-18-19)11-6-7-12(22-4)13(8-11)23(20,21)15-9-10(2)3/h6-8,10,15H,5,9H2,1-4H3. The molecule has 0 amide bonds. The number of nitrogens with zero attached hydrogens (tertiary/aromatic N) is 4. The van der Waals surface area contributed by atoms with Gasteiger partial charge in [0.05, 0.1) is 7.11 Å². The van der Waals surface area contributed by atoms with Crippen LogP contribution in [0.2, 0.25) is 0 Å². The fourth-order valence-electron chi connectivity index (χ4n) is 2.00. The molecular formula is C14H21N5O3S. The van der Waals surface area contributed by atoms with E-state index < -0.39 is 10.0 Å². The number of hydrogen-bond donors (Lipinski definition) is 1. The van der Waals surface area contributed by atoms with Crippen LogP contribution in [0.3, 0.4) is 0 Å². The number of tetrazole rings is 1. The summed E-state index contributed by atoms with van der Waals surface area (Å²) in [7, 11) is -2.25. The van der Waals surface area contributed by atoms with E-state index in [0.29, 0.717) is 24.5 Å². The second-order valence-electron chi connectivity index (χ2n) is 5.43. The average Bonchev–Trinajstić information content (AvgIpc) is 3.01. The lowest BCUT2D eigenvalue weighted by Crippen LogP contribution is -2.28. The Labute approximate surface area is 135 Å². The summed E-state index contributed by atoms with van der Waals surface area (Å²) < 4.78 is 34.5. The van der Waals surface area contributed by atoms with Crippen molar-refractivity contribution in [3.8, 4) is 17.1 Å². The van der Waals surface area contributed by atoms with E-state index in [2.05, 4.69) is 20.2 Å². The van der Waals surface area contributed by atoms with E-state index in [1.165, 1.54) is 13.2 Å². The van der Waals surface area contributed by atoms with E-state index in [1.54, 1.807) is 16.8 Å². The molecule has 8 nitrogen and oxygen atoms in total. The Hall–Kier alpha value is -2.00. The molecule has 1 aromatic heterocycles. The highest BCUT2D eigenvalue weighted by Gasteiger charge is 2.21. The largest absolute Gasteiger partial charge is 0.495 e. The molecule has 1 heterocycles. The third-order valence-corrected chi connectivity index (χ3v) is 4.67. The first kappa shape index (κ1) is 17.4. The van der Waals surface area contributed by atoms with Crippen LogP contribution in [0.5, 0.6) is 5.75 Å². The van der Waals surface area contributed by atoms with E-state index in [4.69, 9.17) is 4.74 Å². The lowest BCUT2D eigenvalue weighted by atomic mass is 10.2. The average molecular weight is 339 g/mol. The first-order valence-corrected chi connectivity index (χ1v) is 8.81. The third kappa shape index (κ3) is 3.85. The Balaban J connectivity index is 2.48. The number of rotatable bonds is 7. The van der Waals surface area contributed by atoms with Crippen molar-refractivity contribution in [2.45, 2.75) is 32.2 Å². The number of sulfonamides is 1. The van der Waals surface area contributed by atoms with E-state index in [-0.39, 0.29) is 16.6 Å². The number of benzene rings is 1. The lowest BCUT2D eigenvalue weighted by molar-refractivity contribution is 0.402. The van der Waals surface area contributed by atoms with E-state index in [0.717, 1.165) is 0 Å². The highest BCUT2D eigenvalue weighted by atomic mass is 32.2. The molecule has 0 saturated carbocycles. The van der Waals surface area contributed by atoms with Gasteiger partial charge in [-0.2, -0.15) is 0 Å². The molecule has 0 unspecified atom stereocenters. The van der Waals surface area contributed by atoms with Gasteiger partial charge in [-0.15, -0.1) is 5.10 Å². The number of hydrogen-bond acceptors (Lipinski definition) is 6. The van der Waals surface area contributed by atoms with Crippen LogP contribution in [0.25, 0.3) is 11.4 Å². The van der Waals surface area contributed by atoms with Crippen molar-refractivity contribution in [3.63, 3.8) is 0 Å². The molecule has 2 aromatic rings. The zero-order valence-corrected chi connectivity index (χ0v) is 14.5. The van der Waals surface area contributed by atoms with Gasteiger partial charge in [0.25, 0.3) is 0 Å². The van der Waals surface area contributed by atoms with Gasteiger partial charge in [0.2, 0.25) is 10.0 Å². The molecule has 0 aliphatic rings. The highest BCUT2D eigenvalue weighted by Crippen LogP contribution is 2.28. The van der Waals surface area contributed by atoms with Gasteiger partial charge >= 0.3 is 0 Å². The van der Waals surface area contributed by atoms with Gasteiger partial charge in [-0.25, -0.2) is 17.8 Å². The van der Waals surface area contributed by atoms with Crippen LogP contribution >= 0.6 is 0 Å². The number of aryl methyl sites for hydroxylation is 1. The molecule has 1 aromatic carbocycles. The van der Waals surface area contributed by atoms with E-state index >= 15 is 0 Å². The summed E-state index contributed by atoms with van der Waals surface area (Å²) in [6, 6.07) is 4.87. The first-order valence-electron chi connectivity index (χ1n) is 7.33. The van der Waals surface area contributed by atoms with Crippen LogP contribution in [-0.4, -0.2) is 42.3 Å².